The number of hydrogen-bond donors (Lipinski definition) is 1. The standard InChI is InChI=1S/C13H12FNOS/c1-9(10-6-7-17-8-10)15-13(16)11-4-2-3-5-12(11)14/h2-9H,1H3,(H,15,16). The lowest BCUT2D eigenvalue weighted by Crippen LogP contribution is -2.27. The summed E-state index contributed by atoms with van der Waals surface area (Å²) in [7, 11) is 0. The molecule has 0 bridgehead atoms. The summed E-state index contributed by atoms with van der Waals surface area (Å²) in [5, 5.41) is 6.68. The smallest absolute Gasteiger partial charge is 0.254 e. The SMILES string of the molecule is CC(NC(=O)c1ccccc1F)c1ccsc1. The van der Waals surface area contributed by atoms with Gasteiger partial charge in [-0.3, -0.25) is 4.79 Å². The first kappa shape index (κ1) is 11.8. The molecule has 17 heavy (non-hydrogen) atoms. The van der Waals surface area contributed by atoms with E-state index in [0.29, 0.717) is 0 Å². The van der Waals surface area contributed by atoms with Gasteiger partial charge in [-0.2, -0.15) is 11.3 Å². The summed E-state index contributed by atoms with van der Waals surface area (Å²) in [5.41, 5.74) is 1.11. The Bertz CT molecular complexity index is 510. The maximum absolute atomic E-state index is 13.4. The van der Waals surface area contributed by atoms with E-state index in [1.165, 1.54) is 12.1 Å². The molecular weight excluding hydrogens is 237 g/mol. The lowest BCUT2D eigenvalue weighted by atomic mass is 10.1. The Hall–Kier alpha value is -1.68. The molecule has 1 aromatic heterocycles. The molecule has 1 amide bonds. The van der Waals surface area contributed by atoms with Crippen molar-refractivity contribution in [3.63, 3.8) is 0 Å². The van der Waals surface area contributed by atoms with Crippen LogP contribution in [-0.2, 0) is 0 Å². The Balaban J connectivity index is 2.10. The molecule has 88 valence electrons. The molecule has 2 rings (SSSR count). The zero-order valence-corrected chi connectivity index (χ0v) is 10.1. The molecule has 0 saturated heterocycles. The van der Waals surface area contributed by atoms with Gasteiger partial charge in [0.2, 0.25) is 0 Å². The van der Waals surface area contributed by atoms with Gasteiger partial charge in [0.1, 0.15) is 5.82 Å². The van der Waals surface area contributed by atoms with E-state index >= 15 is 0 Å². The second kappa shape index (κ2) is 5.10. The predicted octanol–water partition coefficient (Wildman–Crippen LogP) is 3.38. The fourth-order valence-electron chi connectivity index (χ4n) is 1.52. The number of amides is 1. The third kappa shape index (κ3) is 2.71. The Morgan fingerprint density at radius 3 is 2.76 bits per heavy atom. The molecule has 1 aromatic carbocycles. The molecule has 1 heterocycles. The van der Waals surface area contributed by atoms with Gasteiger partial charge < -0.3 is 5.32 Å². The highest BCUT2D eigenvalue weighted by Crippen LogP contribution is 2.16. The van der Waals surface area contributed by atoms with E-state index in [4.69, 9.17) is 0 Å². The second-order valence-electron chi connectivity index (χ2n) is 3.73. The van der Waals surface area contributed by atoms with E-state index in [9.17, 15) is 9.18 Å². The molecule has 0 aliphatic heterocycles. The van der Waals surface area contributed by atoms with E-state index in [1.54, 1.807) is 23.5 Å². The monoisotopic (exact) mass is 249 g/mol. The van der Waals surface area contributed by atoms with E-state index in [0.717, 1.165) is 5.56 Å². The summed E-state index contributed by atoms with van der Waals surface area (Å²) < 4.78 is 13.4. The first-order valence-corrected chi connectivity index (χ1v) is 6.20. The maximum atomic E-state index is 13.4. The van der Waals surface area contributed by atoms with Crippen LogP contribution in [0.4, 0.5) is 4.39 Å². The fraction of sp³-hybridized carbons (Fsp3) is 0.154. The molecule has 0 aliphatic carbocycles. The van der Waals surface area contributed by atoms with Crippen LogP contribution < -0.4 is 5.32 Å². The van der Waals surface area contributed by atoms with Crippen molar-refractivity contribution >= 4 is 17.2 Å². The average Bonchev–Trinajstić information content (AvgIpc) is 2.82. The van der Waals surface area contributed by atoms with Crippen LogP contribution in [0.2, 0.25) is 0 Å². The minimum atomic E-state index is -0.498. The van der Waals surface area contributed by atoms with Gasteiger partial charge in [0, 0.05) is 0 Å². The molecule has 2 nitrogen and oxygen atoms in total. The second-order valence-corrected chi connectivity index (χ2v) is 4.51. The van der Waals surface area contributed by atoms with Gasteiger partial charge in [0.25, 0.3) is 5.91 Å². The van der Waals surface area contributed by atoms with Gasteiger partial charge in [-0.05, 0) is 41.4 Å². The van der Waals surface area contributed by atoms with Gasteiger partial charge in [-0.25, -0.2) is 4.39 Å². The quantitative estimate of drug-likeness (QED) is 0.887. The fourth-order valence-corrected chi connectivity index (χ4v) is 2.28. The highest BCUT2D eigenvalue weighted by Gasteiger charge is 2.14. The molecule has 2 aromatic rings. The van der Waals surface area contributed by atoms with Crippen molar-refractivity contribution in [2.75, 3.05) is 0 Å². The molecule has 0 fully saturated rings. The molecule has 0 spiro atoms. The van der Waals surface area contributed by atoms with Crippen LogP contribution >= 0.6 is 11.3 Å². The van der Waals surface area contributed by atoms with Crippen molar-refractivity contribution in [3.8, 4) is 0 Å². The van der Waals surface area contributed by atoms with Crippen molar-refractivity contribution in [3.05, 3.63) is 58.0 Å². The first-order chi connectivity index (χ1) is 8.18. The molecule has 1 atom stereocenters. The summed E-state index contributed by atoms with van der Waals surface area (Å²) in [6, 6.07) is 7.79. The van der Waals surface area contributed by atoms with Gasteiger partial charge in [0.15, 0.2) is 0 Å². The van der Waals surface area contributed by atoms with Crippen molar-refractivity contribution in [2.45, 2.75) is 13.0 Å². The third-order valence-electron chi connectivity index (χ3n) is 2.51. The molecular formula is C13H12FNOS. The number of carbonyl (C=O) groups is 1. The normalized spacial score (nSPS) is 12.1. The van der Waals surface area contributed by atoms with Crippen LogP contribution in [0.15, 0.2) is 41.1 Å². The van der Waals surface area contributed by atoms with Crippen molar-refractivity contribution in [1.29, 1.82) is 0 Å². The average molecular weight is 249 g/mol. The van der Waals surface area contributed by atoms with Crippen LogP contribution in [0, 0.1) is 5.82 Å². The highest BCUT2D eigenvalue weighted by molar-refractivity contribution is 7.07. The molecule has 4 heteroatoms. The van der Waals surface area contributed by atoms with E-state index in [-0.39, 0.29) is 17.5 Å². The summed E-state index contributed by atoms with van der Waals surface area (Å²) in [4.78, 5) is 11.8. The molecule has 0 aliphatic rings. The van der Waals surface area contributed by atoms with Crippen molar-refractivity contribution in [2.24, 2.45) is 0 Å². The highest BCUT2D eigenvalue weighted by atomic mass is 32.1. The van der Waals surface area contributed by atoms with E-state index in [1.807, 2.05) is 23.8 Å². The number of carbonyl (C=O) groups excluding carboxylic acids is 1. The largest absolute Gasteiger partial charge is 0.345 e. The predicted molar refractivity (Wildman–Crippen MR) is 66.6 cm³/mol. The summed E-state index contributed by atoms with van der Waals surface area (Å²) >= 11 is 1.57. The summed E-state index contributed by atoms with van der Waals surface area (Å²) in [5.74, 6) is -0.885. The minimum Gasteiger partial charge on any atom is -0.345 e. The van der Waals surface area contributed by atoms with Crippen molar-refractivity contribution in [1.82, 2.24) is 5.32 Å². The number of thiophene rings is 1. The lowest BCUT2D eigenvalue weighted by molar-refractivity contribution is 0.0936. The van der Waals surface area contributed by atoms with Crippen LogP contribution in [-0.4, -0.2) is 5.91 Å². The minimum absolute atomic E-state index is 0.0783. The van der Waals surface area contributed by atoms with Gasteiger partial charge in [-0.15, -0.1) is 0 Å². The number of halogens is 1. The molecule has 0 saturated carbocycles. The van der Waals surface area contributed by atoms with Crippen molar-refractivity contribution < 1.29 is 9.18 Å². The zero-order valence-electron chi connectivity index (χ0n) is 9.31. The number of rotatable bonds is 3. The molecule has 0 radical (unpaired) electrons. The number of benzene rings is 1. The number of hydrogen-bond acceptors (Lipinski definition) is 2. The molecule has 1 unspecified atom stereocenters. The third-order valence-corrected chi connectivity index (χ3v) is 3.21. The Kier molecular flexibility index (Phi) is 3.54. The van der Waals surface area contributed by atoms with Gasteiger partial charge in [0.05, 0.1) is 11.6 Å². The van der Waals surface area contributed by atoms with Gasteiger partial charge >= 0.3 is 0 Å². The van der Waals surface area contributed by atoms with Crippen LogP contribution in [0.5, 0.6) is 0 Å². The summed E-state index contributed by atoms with van der Waals surface area (Å²) in [6.45, 7) is 1.88. The topological polar surface area (TPSA) is 29.1 Å². The van der Waals surface area contributed by atoms with E-state index in [2.05, 4.69) is 5.32 Å². The van der Waals surface area contributed by atoms with E-state index < -0.39 is 5.82 Å². The van der Waals surface area contributed by atoms with Crippen LogP contribution in [0.25, 0.3) is 0 Å². The van der Waals surface area contributed by atoms with Crippen LogP contribution in [0.1, 0.15) is 28.9 Å². The Labute approximate surface area is 103 Å². The zero-order chi connectivity index (χ0) is 12.3. The maximum Gasteiger partial charge on any atom is 0.254 e. The van der Waals surface area contributed by atoms with Crippen LogP contribution in [0.3, 0.4) is 0 Å². The summed E-state index contributed by atoms with van der Waals surface area (Å²) in [6.07, 6.45) is 0. The lowest BCUT2D eigenvalue weighted by Gasteiger charge is -2.12. The Morgan fingerprint density at radius 1 is 1.35 bits per heavy atom. The first-order valence-electron chi connectivity index (χ1n) is 5.26. The Morgan fingerprint density at radius 2 is 2.12 bits per heavy atom. The molecule has 1 N–H and O–H groups in total. The van der Waals surface area contributed by atoms with Gasteiger partial charge in [-0.1, -0.05) is 12.1 Å². The number of nitrogens with one attached hydrogen (secondary N) is 1.